The maximum atomic E-state index is 13.8. The maximum absolute atomic E-state index is 13.8. The summed E-state index contributed by atoms with van der Waals surface area (Å²) >= 11 is 0. The summed E-state index contributed by atoms with van der Waals surface area (Å²) in [5, 5.41) is 11.5. The van der Waals surface area contributed by atoms with Crippen LogP contribution in [0, 0.1) is 17.1 Å². The van der Waals surface area contributed by atoms with Gasteiger partial charge in [-0.1, -0.05) is 48.5 Å². The molecule has 3 aromatic rings. The van der Waals surface area contributed by atoms with Crippen LogP contribution in [0.5, 0.6) is 5.75 Å². The van der Waals surface area contributed by atoms with Crippen LogP contribution >= 0.6 is 0 Å². The third-order valence-electron chi connectivity index (χ3n) is 3.83. The predicted molar refractivity (Wildman–Crippen MR) is 88.8 cm³/mol. The van der Waals surface area contributed by atoms with Gasteiger partial charge < -0.3 is 4.74 Å². The number of halogens is 1. The molecular formula is C20H16FNO. The van der Waals surface area contributed by atoms with Crippen LogP contribution in [-0.2, 0) is 0 Å². The minimum absolute atomic E-state index is 0.343. The van der Waals surface area contributed by atoms with Crippen molar-refractivity contribution in [2.75, 3.05) is 6.61 Å². The fourth-order valence-electron chi connectivity index (χ4n) is 2.60. The molecule has 0 saturated carbocycles. The number of rotatable bonds is 5. The van der Waals surface area contributed by atoms with Gasteiger partial charge in [-0.25, -0.2) is 4.39 Å². The zero-order valence-electron chi connectivity index (χ0n) is 12.6. The Labute approximate surface area is 134 Å². The average Bonchev–Trinajstić information content (AvgIpc) is 2.59. The molecule has 1 atom stereocenters. The molecule has 0 N–H and O–H groups in total. The summed E-state index contributed by atoms with van der Waals surface area (Å²) in [6.45, 7) is 0.366. The second-order valence-corrected chi connectivity index (χ2v) is 5.35. The Hall–Kier alpha value is -2.86. The lowest BCUT2D eigenvalue weighted by Crippen LogP contribution is -2.06. The van der Waals surface area contributed by atoms with Crippen LogP contribution in [-0.4, -0.2) is 6.61 Å². The van der Waals surface area contributed by atoms with Crippen LogP contribution in [0.3, 0.4) is 0 Å². The summed E-state index contributed by atoms with van der Waals surface area (Å²) in [5.41, 5.74) is 0.428. The van der Waals surface area contributed by atoms with Gasteiger partial charge in [-0.2, -0.15) is 5.26 Å². The number of nitrogens with zero attached hydrogens (tertiary/aromatic N) is 1. The van der Waals surface area contributed by atoms with Gasteiger partial charge in [0, 0.05) is 12.0 Å². The third kappa shape index (κ3) is 3.49. The lowest BCUT2D eigenvalue weighted by Gasteiger charge is -2.12. The first-order valence-electron chi connectivity index (χ1n) is 7.53. The van der Waals surface area contributed by atoms with Gasteiger partial charge in [-0.3, -0.25) is 0 Å². The molecule has 0 spiro atoms. The molecular weight excluding hydrogens is 289 g/mol. The Kier molecular flexibility index (Phi) is 4.54. The molecule has 2 nitrogen and oxygen atoms in total. The van der Waals surface area contributed by atoms with Gasteiger partial charge in [0.25, 0.3) is 0 Å². The van der Waals surface area contributed by atoms with Gasteiger partial charge in [-0.05, 0) is 29.0 Å². The van der Waals surface area contributed by atoms with Gasteiger partial charge >= 0.3 is 0 Å². The van der Waals surface area contributed by atoms with Crippen LogP contribution in [0.1, 0.15) is 17.9 Å². The second-order valence-electron chi connectivity index (χ2n) is 5.35. The third-order valence-corrected chi connectivity index (χ3v) is 3.83. The number of hydrogen-bond acceptors (Lipinski definition) is 2. The van der Waals surface area contributed by atoms with E-state index < -0.39 is 5.92 Å². The fraction of sp³-hybridized carbons (Fsp3) is 0.150. The normalized spacial score (nSPS) is 11.8. The van der Waals surface area contributed by atoms with Crippen LogP contribution in [0.25, 0.3) is 10.8 Å². The van der Waals surface area contributed by atoms with Crippen molar-refractivity contribution < 1.29 is 9.13 Å². The molecule has 0 aromatic heterocycles. The maximum Gasteiger partial charge on any atom is 0.127 e. The fourth-order valence-corrected chi connectivity index (χ4v) is 2.60. The quantitative estimate of drug-likeness (QED) is 0.660. The molecule has 0 radical (unpaired) electrons. The number of ether oxygens (including phenoxy) is 1. The van der Waals surface area contributed by atoms with E-state index >= 15 is 0 Å². The highest BCUT2D eigenvalue weighted by Crippen LogP contribution is 2.24. The molecule has 23 heavy (non-hydrogen) atoms. The van der Waals surface area contributed by atoms with Crippen molar-refractivity contribution in [3.63, 3.8) is 0 Å². The molecule has 0 bridgehead atoms. The first kappa shape index (κ1) is 15.1. The molecule has 0 aliphatic carbocycles. The molecule has 0 aliphatic rings. The van der Waals surface area contributed by atoms with Crippen molar-refractivity contribution in [3.8, 4) is 11.8 Å². The van der Waals surface area contributed by atoms with Gasteiger partial charge in [0.2, 0.25) is 0 Å². The van der Waals surface area contributed by atoms with Gasteiger partial charge in [0.05, 0.1) is 18.6 Å². The van der Waals surface area contributed by atoms with Crippen molar-refractivity contribution in [2.45, 2.75) is 12.3 Å². The highest BCUT2D eigenvalue weighted by Gasteiger charge is 2.14. The summed E-state index contributed by atoms with van der Waals surface area (Å²) < 4.78 is 19.5. The smallest absolute Gasteiger partial charge is 0.127 e. The van der Waals surface area contributed by atoms with Crippen LogP contribution in [0.2, 0.25) is 0 Å². The van der Waals surface area contributed by atoms with E-state index in [0.29, 0.717) is 18.6 Å². The molecule has 0 heterocycles. The van der Waals surface area contributed by atoms with Gasteiger partial charge in [-0.15, -0.1) is 0 Å². The van der Waals surface area contributed by atoms with Gasteiger partial charge in [0.1, 0.15) is 11.6 Å². The molecule has 0 aliphatic heterocycles. The number of nitriles is 1. The van der Waals surface area contributed by atoms with E-state index in [2.05, 4.69) is 6.07 Å². The standard InChI is InChI=1S/C20H16FNO/c21-20-8-4-3-7-19(20)17(14-22)11-12-23-18-10-9-15-5-1-2-6-16(15)13-18/h1-10,13,17H,11-12H2. The molecule has 3 heteroatoms. The topological polar surface area (TPSA) is 33.0 Å². The summed E-state index contributed by atoms with van der Waals surface area (Å²) in [7, 11) is 0. The summed E-state index contributed by atoms with van der Waals surface area (Å²) in [6.07, 6.45) is 0.449. The Morgan fingerprint density at radius 1 is 0.957 bits per heavy atom. The highest BCUT2D eigenvalue weighted by atomic mass is 19.1. The van der Waals surface area contributed by atoms with Crippen molar-refractivity contribution in [2.24, 2.45) is 0 Å². The van der Waals surface area contributed by atoms with Crippen molar-refractivity contribution in [1.82, 2.24) is 0 Å². The second kappa shape index (κ2) is 6.93. The van der Waals surface area contributed by atoms with Crippen LogP contribution < -0.4 is 4.74 Å². The molecule has 114 valence electrons. The molecule has 3 rings (SSSR count). The molecule has 0 saturated heterocycles. The first-order chi connectivity index (χ1) is 11.3. The zero-order chi connectivity index (χ0) is 16.1. The van der Waals surface area contributed by atoms with Crippen molar-refractivity contribution >= 4 is 10.8 Å². The number of benzene rings is 3. The van der Waals surface area contributed by atoms with Gasteiger partial charge in [0.15, 0.2) is 0 Å². The lowest BCUT2D eigenvalue weighted by molar-refractivity contribution is 0.305. The van der Waals surface area contributed by atoms with E-state index in [9.17, 15) is 9.65 Å². The van der Waals surface area contributed by atoms with Crippen LogP contribution in [0.4, 0.5) is 4.39 Å². The SMILES string of the molecule is N#CC(CCOc1ccc2ccccc2c1)c1ccccc1F. The Morgan fingerprint density at radius 3 is 2.48 bits per heavy atom. The Morgan fingerprint density at radius 2 is 1.70 bits per heavy atom. The van der Waals surface area contributed by atoms with Crippen LogP contribution in [0.15, 0.2) is 66.7 Å². The van der Waals surface area contributed by atoms with E-state index in [-0.39, 0.29) is 5.82 Å². The largest absolute Gasteiger partial charge is 0.494 e. The zero-order valence-corrected chi connectivity index (χ0v) is 12.6. The molecule has 3 aromatic carbocycles. The first-order valence-corrected chi connectivity index (χ1v) is 7.53. The van der Waals surface area contributed by atoms with E-state index in [1.165, 1.54) is 6.07 Å². The summed E-state index contributed by atoms with van der Waals surface area (Å²) in [5.74, 6) is -0.0877. The number of fused-ring (bicyclic) bond motifs is 1. The predicted octanol–water partition coefficient (Wildman–Crippen LogP) is 5.06. The Bertz CT molecular complexity index is 853. The average molecular weight is 305 g/mol. The minimum atomic E-state index is -0.503. The Balaban J connectivity index is 1.65. The lowest BCUT2D eigenvalue weighted by atomic mass is 9.97. The van der Waals surface area contributed by atoms with E-state index in [0.717, 1.165) is 16.5 Å². The highest BCUT2D eigenvalue weighted by molar-refractivity contribution is 5.83. The van der Waals surface area contributed by atoms with E-state index in [1.807, 2.05) is 42.5 Å². The minimum Gasteiger partial charge on any atom is -0.494 e. The number of hydrogen-bond donors (Lipinski definition) is 0. The molecule has 0 amide bonds. The monoisotopic (exact) mass is 305 g/mol. The molecule has 0 fully saturated rings. The summed E-state index contributed by atoms with van der Waals surface area (Å²) in [6, 6.07) is 22.5. The molecule has 1 unspecified atom stereocenters. The van der Waals surface area contributed by atoms with Crippen molar-refractivity contribution in [3.05, 3.63) is 78.1 Å². The van der Waals surface area contributed by atoms with Crippen molar-refractivity contribution in [1.29, 1.82) is 5.26 Å². The van der Waals surface area contributed by atoms with E-state index in [1.54, 1.807) is 18.2 Å². The summed E-state index contributed by atoms with van der Waals surface area (Å²) in [4.78, 5) is 0. The van der Waals surface area contributed by atoms with E-state index in [4.69, 9.17) is 4.74 Å².